The zero-order valence-corrected chi connectivity index (χ0v) is 23.9. The van der Waals surface area contributed by atoms with E-state index in [4.69, 9.17) is 23.2 Å². The Morgan fingerprint density at radius 1 is 1.00 bits per heavy atom. The average Bonchev–Trinajstić information content (AvgIpc) is 2.84. The van der Waals surface area contributed by atoms with Gasteiger partial charge in [0.05, 0.1) is 5.69 Å². The summed E-state index contributed by atoms with van der Waals surface area (Å²) in [4.78, 5) is 28.3. The maximum atomic E-state index is 13.8. The zero-order valence-electron chi connectivity index (χ0n) is 21.5. The highest BCUT2D eigenvalue weighted by molar-refractivity contribution is 7.90. The first kappa shape index (κ1) is 30.8. The molecule has 0 spiro atoms. The van der Waals surface area contributed by atoms with E-state index >= 15 is 0 Å². The van der Waals surface area contributed by atoms with Crippen molar-refractivity contribution in [1.29, 1.82) is 0 Å². The maximum Gasteiger partial charge on any atom is 0.304 e. The van der Waals surface area contributed by atoms with E-state index in [1.54, 1.807) is 25.1 Å². The molecule has 0 aromatic heterocycles. The quantitative estimate of drug-likeness (QED) is 0.405. The number of rotatable bonds is 12. The number of hydrogen-bond acceptors (Lipinski definition) is 4. The first-order valence-electron chi connectivity index (χ1n) is 11.8. The van der Waals surface area contributed by atoms with Gasteiger partial charge < -0.3 is 10.2 Å². The molecule has 12 heteroatoms. The van der Waals surface area contributed by atoms with Crippen LogP contribution in [0.5, 0.6) is 0 Å². The maximum absolute atomic E-state index is 13.8. The smallest absolute Gasteiger partial charge is 0.304 e. The summed E-state index contributed by atoms with van der Waals surface area (Å²) in [5.41, 5.74) is 0.522. The summed E-state index contributed by atoms with van der Waals surface area (Å²) in [7, 11) is -1.50. The molecule has 1 N–H and O–H groups in total. The molecule has 2 aromatic carbocycles. The van der Waals surface area contributed by atoms with Crippen LogP contribution in [0, 0.1) is 5.82 Å². The van der Waals surface area contributed by atoms with Gasteiger partial charge >= 0.3 is 10.2 Å². The molecule has 2 amide bonds. The second-order valence-corrected chi connectivity index (χ2v) is 11.6. The standard InChI is InChI=1S/C25H33Cl2FN4O4S/c1-6-17(3)29-25(34)23(7-2)31(15-20-21(26)9-8-10-22(20)27)24(33)16-32(37(35,36)30(4)5)19-13-11-18(28)12-14-19/h8-14,17,23H,6-7,15-16H2,1-5H3,(H,29,34)/t17-,23+/m1/s1. The van der Waals surface area contributed by atoms with Gasteiger partial charge in [-0.1, -0.05) is 43.1 Å². The number of hydrogen-bond donors (Lipinski definition) is 1. The van der Waals surface area contributed by atoms with Crippen molar-refractivity contribution in [2.24, 2.45) is 0 Å². The molecule has 0 heterocycles. The van der Waals surface area contributed by atoms with E-state index in [-0.39, 0.29) is 30.6 Å². The highest BCUT2D eigenvalue weighted by Crippen LogP contribution is 2.28. The predicted molar refractivity (Wildman–Crippen MR) is 145 cm³/mol. The van der Waals surface area contributed by atoms with Crippen LogP contribution in [0.2, 0.25) is 10.0 Å². The van der Waals surface area contributed by atoms with Crippen LogP contribution in [0.4, 0.5) is 10.1 Å². The number of anilines is 1. The van der Waals surface area contributed by atoms with Crippen LogP contribution in [0.1, 0.15) is 39.2 Å². The van der Waals surface area contributed by atoms with Crippen molar-refractivity contribution in [3.63, 3.8) is 0 Å². The van der Waals surface area contributed by atoms with Crippen molar-refractivity contribution >= 4 is 50.9 Å². The molecule has 0 fully saturated rings. The summed E-state index contributed by atoms with van der Waals surface area (Å²) < 4.78 is 41.7. The molecule has 2 aromatic rings. The normalized spacial score (nSPS) is 13.2. The van der Waals surface area contributed by atoms with Crippen LogP contribution in [-0.2, 0) is 26.3 Å². The summed E-state index contributed by atoms with van der Waals surface area (Å²) in [6, 6.07) is 8.59. The molecule has 0 bridgehead atoms. The minimum atomic E-state index is -4.15. The topological polar surface area (TPSA) is 90.0 Å². The molecule has 8 nitrogen and oxygen atoms in total. The van der Waals surface area contributed by atoms with Gasteiger partial charge in [-0.25, -0.2) is 8.70 Å². The third-order valence-electron chi connectivity index (χ3n) is 5.91. The second-order valence-electron chi connectivity index (χ2n) is 8.74. The SMILES string of the molecule is CC[C@@H](C)NC(=O)[C@H](CC)N(Cc1c(Cl)cccc1Cl)C(=O)CN(c1ccc(F)cc1)S(=O)(=O)N(C)C. The summed E-state index contributed by atoms with van der Waals surface area (Å²) in [6.45, 7) is 4.76. The summed E-state index contributed by atoms with van der Waals surface area (Å²) in [5.74, 6) is -1.59. The number of carbonyl (C=O) groups is 2. The number of nitrogens with one attached hydrogen (secondary N) is 1. The average molecular weight is 576 g/mol. The van der Waals surface area contributed by atoms with Gasteiger partial charge in [0, 0.05) is 42.3 Å². The van der Waals surface area contributed by atoms with Gasteiger partial charge in [0.25, 0.3) is 0 Å². The van der Waals surface area contributed by atoms with Gasteiger partial charge in [0.15, 0.2) is 0 Å². The van der Waals surface area contributed by atoms with Crippen molar-refractivity contribution in [3.8, 4) is 0 Å². The van der Waals surface area contributed by atoms with Crippen molar-refractivity contribution in [2.75, 3.05) is 24.9 Å². The minimum Gasteiger partial charge on any atom is -0.352 e. The van der Waals surface area contributed by atoms with E-state index in [0.29, 0.717) is 22.0 Å². The first-order valence-corrected chi connectivity index (χ1v) is 14.0. The zero-order chi connectivity index (χ0) is 27.9. The summed E-state index contributed by atoms with van der Waals surface area (Å²) in [6.07, 6.45) is 0.943. The number of carbonyl (C=O) groups excluding carboxylic acids is 2. The van der Waals surface area contributed by atoms with Gasteiger partial charge in [0.1, 0.15) is 18.4 Å². The molecule has 37 heavy (non-hydrogen) atoms. The summed E-state index contributed by atoms with van der Waals surface area (Å²) in [5, 5.41) is 3.50. The molecular weight excluding hydrogens is 542 g/mol. The molecule has 0 saturated heterocycles. The van der Waals surface area contributed by atoms with Crippen LogP contribution in [0.25, 0.3) is 0 Å². The largest absolute Gasteiger partial charge is 0.352 e. The lowest BCUT2D eigenvalue weighted by Crippen LogP contribution is -2.54. The Labute approximate surface area is 228 Å². The van der Waals surface area contributed by atoms with E-state index in [9.17, 15) is 22.4 Å². The predicted octanol–water partition coefficient (Wildman–Crippen LogP) is 4.47. The lowest BCUT2D eigenvalue weighted by atomic mass is 10.1. The number of nitrogens with zero attached hydrogens (tertiary/aromatic N) is 3. The molecule has 0 radical (unpaired) electrons. The Kier molecular flexibility index (Phi) is 11.2. The van der Waals surface area contributed by atoms with Gasteiger partial charge in [-0.15, -0.1) is 0 Å². The van der Waals surface area contributed by atoms with E-state index in [1.165, 1.54) is 31.1 Å². The molecule has 2 atom stereocenters. The number of halogens is 3. The molecule has 204 valence electrons. The van der Waals surface area contributed by atoms with Crippen LogP contribution in [-0.4, -0.2) is 62.2 Å². The van der Waals surface area contributed by atoms with Crippen molar-refractivity contribution in [3.05, 3.63) is 63.9 Å². The molecular formula is C25H33Cl2FN4O4S. The minimum absolute atomic E-state index is 0.0938. The van der Waals surface area contributed by atoms with Crippen molar-refractivity contribution in [2.45, 2.75) is 52.2 Å². The molecule has 0 aliphatic heterocycles. The van der Waals surface area contributed by atoms with Crippen LogP contribution in [0.3, 0.4) is 0 Å². The molecule has 0 aliphatic carbocycles. The second kappa shape index (κ2) is 13.4. The van der Waals surface area contributed by atoms with Gasteiger partial charge in [0.2, 0.25) is 11.8 Å². The first-order chi connectivity index (χ1) is 17.3. The summed E-state index contributed by atoms with van der Waals surface area (Å²) >= 11 is 12.7. The molecule has 0 saturated carbocycles. The van der Waals surface area contributed by atoms with E-state index < -0.39 is 34.5 Å². The van der Waals surface area contributed by atoms with Gasteiger partial charge in [-0.3, -0.25) is 9.59 Å². The number of amides is 2. The van der Waals surface area contributed by atoms with Crippen molar-refractivity contribution < 1.29 is 22.4 Å². The molecule has 2 rings (SSSR count). The lowest BCUT2D eigenvalue weighted by Gasteiger charge is -2.34. The molecule has 0 unspecified atom stereocenters. The Hall–Kier alpha value is -2.40. The Bertz CT molecular complexity index is 1180. The van der Waals surface area contributed by atoms with Crippen LogP contribution >= 0.6 is 23.2 Å². The Balaban J connectivity index is 2.56. The van der Waals surface area contributed by atoms with Crippen LogP contribution < -0.4 is 9.62 Å². The number of benzene rings is 2. The monoisotopic (exact) mass is 574 g/mol. The van der Waals surface area contributed by atoms with Crippen LogP contribution in [0.15, 0.2) is 42.5 Å². The molecule has 0 aliphatic rings. The van der Waals surface area contributed by atoms with Gasteiger partial charge in [-0.05, 0) is 56.2 Å². The van der Waals surface area contributed by atoms with E-state index in [0.717, 1.165) is 20.7 Å². The Morgan fingerprint density at radius 2 is 1.57 bits per heavy atom. The third kappa shape index (κ3) is 7.80. The third-order valence-corrected chi connectivity index (χ3v) is 8.44. The lowest BCUT2D eigenvalue weighted by molar-refractivity contribution is -0.140. The highest BCUT2D eigenvalue weighted by Gasteiger charge is 2.34. The fraction of sp³-hybridized carbons (Fsp3) is 0.440. The van der Waals surface area contributed by atoms with E-state index in [2.05, 4.69) is 5.32 Å². The van der Waals surface area contributed by atoms with Crippen molar-refractivity contribution in [1.82, 2.24) is 14.5 Å². The van der Waals surface area contributed by atoms with Gasteiger partial charge in [-0.2, -0.15) is 12.7 Å². The Morgan fingerprint density at radius 3 is 2.05 bits per heavy atom. The fourth-order valence-corrected chi connectivity index (χ4v) is 5.11. The van der Waals surface area contributed by atoms with E-state index in [1.807, 2.05) is 13.8 Å². The highest BCUT2D eigenvalue weighted by atomic mass is 35.5. The fourth-order valence-electron chi connectivity index (χ4n) is 3.54.